The van der Waals surface area contributed by atoms with E-state index in [1.807, 2.05) is 39.0 Å². The van der Waals surface area contributed by atoms with E-state index < -0.39 is 6.04 Å². The highest BCUT2D eigenvalue weighted by Gasteiger charge is 2.29. The third-order valence-corrected chi connectivity index (χ3v) is 6.39. The fraction of sp³-hybridized carbons (Fsp3) is 0.440. The quantitative estimate of drug-likeness (QED) is 0.354. The lowest BCUT2D eigenvalue weighted by Gasteiger charge is -2.31. The second-order valence-corrected chi connectivity index (χ2v) is 9.93. The van der Waals surface area contributed by atoms with Crippen LogP contribution in [0.25, 0.3) is 0 Å². The molecule has 0 radical (unpaired) electrons. The van der Waals surface area contributed by atoms with E-state index in [2.05, 4.69) is 28.2 Å². The van der Waals surface area contributed by atoms with Gasteiger partial charge in [0.05, 0.1) is 4.47 Å². The average molecular weight is 558 g/mol. The van der Waals surface area contributed by atoms with Crippen LogP contribution in [0.3, 0.4) is 0 Å². The molecule has 8 heteroatoms. The van der Waals surface area contributed by atoms with Gasteiger partial charge in [0.25, 0.3) is 5.91 Å². The van der Waals surface area contributed by atoms with E-state index in [1.165, 1.54) is 4.90 Å². The van der Waals surface area contributed by atoms with Crippen LogP contribution in [-0.4, -0.2) is 35.9 Å². The van der Waals surface area contributed by atoms with Crippen LogP contribution < -0.4 is 10.1 Å². The molecule has 2 rings (SSSR count). The van der Waals surface area contributed by atoms with Crippen molar-refractivity contribution in [2.45, 2.75) is 53.1 Å². The maximum atomic E-state index is 13.3. The molecule has 0 heterocycles. The van der Waals surface area contributed by atoms with E-state index in [0.29, 0.717) is 40.2 Å². The predicted octanol–water partition coefficient (Wildman–Crippen LogP) is 6.28. The molecule has 1 atom stereocenters. The third-order valence-electron chi connectivity index (χ3n) is 5.18. The molecule has 0 saturated heterocycles. The lowest BCUT2D eigenvalue weighted by Crippen LogP contribution is -2.50. The first-order valence-electron chi connectivity index (χ1n) is 11.1. The van der Waals surface area contributed by atoms with Crippen molar-refractivity contribution in [3.05, 3.63) is 62.0 Å². The van der Waals surface area contributed by atoms with Gasteiger partial charge in [0.15, 0.2) is 6.61 Å². The maximum Gasteiger partial charge on any atom is 0.261 e. The van der Waals surface area contributed by atoms with Gasteiger partial charge in [-0.05, 0) is 70.1 Å². The summed E-state index contributed by atoms with van der Waals surface area (Å²) in [5.74, 6) is 0.368. The molecule has 0 aliphatic rings. The lowest BCUT2D eigenvalue weighted by molar-refractivity contribution is -0.143. The van der Waals surface area contributed by atoms with Crippen molar-refractivity contribution in [1.29, 1.82) is 0 Å². The molecule has 0 bridgehead atoms. The minimum absolute atomic E-state index is 0.168. The normalized spacial score (nSPS) is 11.9. The van der Waals surface area contributed by atoms with Crippen LogP contribution in [0.4, 0.5) is 0 Å². The first kappa shape index (κ1) is 27.5. The van der Waals surface area contributed by atoms with Crippen molar-refractivity contribution in [3.8, 4) is 5.75 Å². The van der Waals surface area contributed by atoms with Crippen LogP contribution in [0.2, 0.25) is 10.0 Å². The summed E-state index contributed by atoms with van der Waals surface area (Å²) in [7, 11) is 0. The van der Waals surface area contributed by atoms with Gasteiger partial charge in [-0.1, -0.05) is 63.0 Å². The van der Waals surface area contributed by atoms with Gasteiger partial charge in [-0.15, -0.1) is 0 Å². The molecule has 0 aliphatic carbocycles. The highest BCUT2D eigenvalue weighted by Crippen LogP contribution is 2.27. The highest BCUT2D eigenvalue weighted by molar-refractivity contribution is 9.10. The molecule has 2 amide bonds. The third kappa shape index (κ3) is 8.20. The summed E-state index contributed by atoms with van der Waals surface area (Å²) in [6.45, 7) is 8.49. The molecule has 33 heavy (non-hydrogen) atoms. The Morgan fingerprint density at radius 2 is 1.85 bits per heavy atom. The summed E-state index contributed by atoms with van der Waals surface area (Å²) >= 11 is 15.9. The Bertz CT molecular complexity index is 969. The molecule has 1 N–H and O–H groups in total. The minimum atomic E-state index is -0.655. The van der Waals surface area contributed by atoms with Gasteiger partial charge in [-0.3, -0.25) is 9.59 Å². The number of benzene rings is 2. The Morgan fingerprint density at radius 3 is 2.42 bits per heavy atom. The highest BCUT2D eigenvalue weighted by atomic mass is 79.9. The molecule has 0 fully saturated rings. The molecule has 0 spiro atoms. The molecule has 180 valence electrons. The van der Waals surface area contributed by atoms with Crippen LogP contribution in [0.1, 0.15) is 45.2 Å². The second-order valence-electron chi connectivity index (χ2n) is 8.23. The topological polar surface area (TPSA) is 58.6 Å². The van der Waals surface area contributed by atoms with Crippen LogP contribution in [-0.2, 0) is 22.6 Å². The smallest absolute Gasteiger partial charge is 0.261 e. The van der Waals surface area contributed by atoms with Crippen molar-refractivity contribution in [1.82, 2.24) is 10.2 Å². The summed E-state index contributed by atoms with van der Waals surface area (Å²) in [4.78, 5) is 27.8. The molecule has 2 aromatic rings. The summed E-state index contributed by atoms with van der Waals surface area (Å²) < 4.78 is 6.60. The van der Waals surface area contributed by atoms with Crippen LogP contribution in [0, 0.1) is 5.92 Å². The van der Waals surface area contributed by atoms with Crippen LogP contribution in [0.5, 0.6) is 5.75 Å². The molecular formula is C25H31BrCl2N2O3. The van der Waals surface area contributed by atoms with Gasteiger partial charge in [0, 0.05) is 23.1 Å². The van der Waals surface area contributed by atoms with Crippen molar-refractivity contribution in [3.63, 3.8) is 0 Å². The van der Waals surface area contributed by atoms with E-state index in [9.17, 15) is 9.59 Å². The largest absolute Gasteiger partial charge is 0.483 e. The number of carbonyl (C=O) groups is 2. The molecule has 0 saturated carbocycles. The standard InChI is InChI=1S/C25H31BrCl2N2O3/c1-5-17-7-10-23(20(26)11-17)33-15-24(31)30(14-18-8-9-19(27)12-21(18)28)22(6-2)25(32)29-13-16(3)4/h7-12,16,22H,5-6,13-15H2,1-4H3,(H,29,32). The summed E-state index contributed by atoms with van der Waals surface area (Å²) in [6.07, 6.45) is 1.35. The van der Waals surface area contributed by atoms with Gasteiger partial charge in [0.2, 0.25) is 5.91 Å². The van der Waals surface area contributed by atoms with Crippen LogP contribution >= 0.6 is 39.1 Å². The van der Waals surface area contributed by atoms with Crippen molar-refractivity contribution >= 4 is 50.9 Å². The number of carbonyl (C=O) groups excluding carboxylic acids is 2. The van der Waals surface area contributed by atoms with Crippen LogP contribution in [0.15, 0.2) is 40.9 Å². The van der Waals surface area contributed by atoms with Gasteiger partial charge < -0.3 is 15.0 Å². The van der Waals surface area contributed by atoms with E-state index in [4.69, 9.17) is 27.9 Å². The zero-order valence-corrected chi connectivity index (χ0v) is 22.6. The van der Waals surface area contributed by atoms with Crippen molar-refractivity contribution in [2.75, 3.05) is 13.2 Å². The Balaban J connectivity index is 2.25. The van der Waals surface area contributed by atoms with Crippen molar-refractivity contribution < 1.29 is 14.3 Å². The summed E-state index contributed by atoms with van der Waals surface area (Å²) in [5.41, 5.74) is 1.87. The Morgan fingerprint density at radius 1 is 1.12 bits per heavy atom. The molecule has 5 nitrogen and oxygen atoms in total. The molecule has 1 unspecified atom stereocenters. The number of halogens is 3. The number of aryl methyl sites for hydroxylation is 1. The zero-order chi connectivity index (χ0) is 24.5. The SMILES string of the molecule is CCc1ccc(OCC(=O)N(Cc2ccc(Cl)cc2Cl)C(CC)C(=O)NCC(C)C)c(Br)c1. The number of hydrogen-bond donors (Lipinski definition) is 1. The Labute approximate surface area is 214 Å². The van der Waals surface area contributed by atoms with E-state index in [0.717, 1.165) is 16.5 Å². The number of nitrogens with one attached hydrogen (secondary N) is 1. The number of nitrogens with zero attached hydrogens (tertiary/aromatic N) is 1. The van der Waals surface area contributed by atoms with E-state index in [1.54, 1.807) is 18.2 Å². The van der Waals surface area contributed by atoms with Crippen molar-refractivity contribution in [2.24, 2.45) is 5.92 Å². The molecule has 2 aromatic carbocycles. The first-order valence-corrected chi connectivity index (χ1v) is 12.6. The lowest BCUT2D eigenvalue weighted by atomic mass is 10.1. The monoisotopic (exact) mass is 556 g/mol. The number of amides is 2. The zero-order valence-electron chi connectivity index (χ0n) is 19.5. The predicted molar refractivity (Wildman–Crippen MR) is 138 cm³/mol. The number of hydrogen-bond acceptors (Lipinski definition) is 3. The average Bonchev–Trinajstić information content (AvgIpc) is 2.77. The van der Waals surface area contributed by atoms with Gasteiger partial charge >= 0.3 is 0 Å². The molecular weight excluding hydrogens is 527 g/mol. The fourth-order valence-electron chi connectivity index (χ4n) is 3.28. The number of ether oxygens (including phenoxy) is 1. The second kappa shape index (κ2) is 13.2. The Kier molecular flexibility index (Phi) is 11.0. The molecule has 0 aliphatic heterocycles. The Hall–Kier alpha value is -1.76. The van der Waals surface area contributed by atoms with Gasteiger partial charge in [-0.2, -0.15) is 0 Å². The number of rotatable bonds is 11. The molecule has 0 aromatic heterocycles. The van der Waals surface area contributed by atoms with Gasteiger partial charge in [-0.25, -0.2) is 0 Å². The fourth-order valence-corrected chi connectivity index (χ4v) is 4.29. The van der Waals surface area contributed by atoms with E-state index in [-0.39, 0.29) is 25.0 Å². The first-order chi connectivity index (χ1) is 15.7. The summed E-state index contributed by atoms with van der Waals surface area (Å²) in [5, 5.41) is 3.89. The summed E-state index contributed by atoms with van der Waals surface area (Å²) in [6, 6.07) is 10.2. The maximum absolute atomic E-state index is 13.3. The minimum Gasteiger partial charge on any atom is -0.483 e. The van der Waals surface area contributed by atoms with E-state index >= 15 is 0 Å². The van der Waals surface area contributed by atoms with Gasteiger partial charge in [0.1, 0.15) is 11.8 Å².